The fourth-order valence-corrected chi connectivity index (χ4v) is 2.34. The molecule has 0 spiro atoms. The number of aromatic hydroxyl groups is 1. The van der Waals surface area contributed by atoms with Gasteiger partial charge in [0.1, 0.15) is 11.9 Å². The molecule has 8 nitrogen and oxygen atoms in total. The number of nitro groups is 1. The van der Waals surface area contributed by atoms with Gasteiger partial charge in [0.15, 0.2) is 7.05 Å². The topological polar surface area (TPSA) is 115 Å². The standard InChI is InChI=1S/C11H10N4O4S/c1-6-3-7(16)4-8(17)10(6)14(2)13-11-12-5-9(20-11)15(18)19/h3-5H,1-2H3,(H-,12,13,16,17). The van der Waals surface area contributed by atoms with Gasteiger partial charge in [-0.3, -0.25) is 10.1 Å². The number of hydrogen-bond acceptors (Lipinski definition) is 7. The van der Waals surface area contributed by atoms with Crippen molar-refractivity contribution in [2.45, 2.75) is 6.92 Å². The summed E-state index contributed by atoms with van der Waals surface area (Å²) in [4.78, 5) is 13.8. The summed E-state index contributed by atoms with van der Waals surface area (Å²) >= 11 is 0.809. The minimum Gasteiger partial charge on any atom is -0.868 e. The van der Waals surface area contributed by atoms with Crippen LogP contribution in [-0.2, 0) is 0 Å². The highest BCUT2D eigenvalue weighted by Gasteiger charge is 2.17. The number of aryl methyl sites for hydroxylation is 1. The van der Waals surface area contributed by atoms with Crippen LogP contribution in [0.25, 0.3) is 0 Å². The number of rotatable bonds is 3. The number of phenols is 1. The molecule has 0 atom stereocenters. The van der Waals surface area contributed by atoms with E-state index in [-0.39, 0.29) is 27.3 Å². The van der Waals surface area contributed by atoms with Gasteiger partial charge in [-0.1, -0.05) is 4.70 Å². The van der Waals surface area contributed by atoms with Crippen LogP contribution in [0.2, 0.25) is 0 Å². The van der Waals surface area contributed by atoms with Crippen LogP contribution in [0.15, 0.2) is 23.4 Å². The number of thiazole rings is 1. The summed E-state index contributed by atoms with van der Waals surface area (Å²) in [6.07, 6.45) is 1.11. The smallest absolute Gasteiger partial charge is 0.345 e. The number of azo groups is 2. The van der Waals surface area contributed by atoms with Gasteiger partial charge in [0.05, 0.1) is 4.92 Å². The minimum atomic E-state index is -0.554. The third kappa shape index (κ3) is 2.72. The van der Waals surface area contributed by atoms with Crippen LogP contribution < -0.4 is 5.11 Å². The van der Waals surface area contributed by atoms with E-state index >= 15 is 0 Å². The van der Waals surface area contributed by atoms with E-state index in [0.29, 0.717) is 5.56 Å². The molecule has 1 aromatic carbocycles. The van der Waals surface area contributed by atoms with Crippen molar-refractivity contribution >= 4 is 27.2 Å². The van der Waals surface area contributed by atoms with Crippen LogP contribution in [0.5, 0.6) is 11.5 Å². The van der Waals surface area contributed by atoms with Crippen molar-refractivity contribution < 1.29 is 19.8 Å². The zero-order chi connectivity index (χ0) is 14.9. The Morgan fingerprint density at radius 1 is 1.45 bits per heavy atom. The molecule has 0 aliphatic carbocycles. The van der Waals surface area contributed by atoms with E-state index in [1.807, 2.05) is 0 Å². The van der Waals surface area contributed by atoms with Crippen molar-refractivity contribution in [3.05, 3.63) is 34.0 Å². The predicted octanol–water partition coefficient (Wildman–Crippen LogP) is 2.20. The summed E-state index contributed by atoms with van der Waals surface area (Å²) < 4.78 is 1.29. The van der Waals surface area contributed by atoms with Gasteiger partial charge in [-0.15, -0.1) is 0 Å². The largest absolute Gasteiger partial charge is 0.868 e. The second-order valence-electron chi connectivity index (χ2n) is 3.97. The SMILES string of the molecule is Cc1cc(O)cc([O-])c1[N+](C)=Nc1ncc([N+](=O)[O-])s1. The van der Waals surface area contributed by atoms with Crippen molar-refractivity contribution in [3.63, 3.8) is 0 Å². The molecule has 0 bridgehead atoms. The number of benzene rings is 1. The minimum absolute atomic E-state index is 0.116. The summed E-state index contributed by atoms with van der Waals surface area (Å²) in [5.41, 5.74) is 0.827. The molecule has 0 aliphatic rings. The first-order valence-electron chi connectivity index (χ1n) is 5.44. The fraction of sp³-hybridized carbons (Fsp3) is 0.182. The van der Waals surface area contributed by atoms with E-state index in [2.05, 4.69) is 10.1 Å². The maximum Gasteiger partial charge on any atom is 0.345 e. The molecular formula is C11H10N4O4S. The lowest BCUT2D eigenvalue weighted by molar-refractivity contribution is -0.483. The maximum absolute atomic E-state index is 11.8. The van der Waals surface area contributed by atoms with Gasteiger partial charge >= 0.3 is 5.00 Å². The first kappa shape index (κ1) is 13.9. The Kier molecular flexibility index (Phi) is 3.61. The second-order valence-corrected chi connectivity index (χ2v) is 4.96. The van der Waals surface area contributed by atoms with Crippen molar-refractivity contribution in [3.8, 4) is 11.5 Å². The second kappa shape index (κ2) is 5.21. The average molecular weight is 294 g/mol. The van der Waals surface area contributed by atoms with Crippen molar-refractivity contribution in [2.75, 3.05) is 7.05 Å². The average Bonchev–Trinajstić information content (AvgIpc) is 2.75. The van der Waals surface area contributed by atoms with Crippen molar-refractivity contribution in [1.82, 2.24) is 4.98 Å². The van der Waals surface area contributed by atoms with E-state index in [1.165, 1.54) is 17.8 Å². The molecule has 9 heteroatoms. The molecule has 1 aromatic heterocycles. The molecule has 104 valence electrons. The maximum atomic E-state index is 11.8. The Balaban J connectivity index is 2.42. The molecule has 1 N–H and O–H groups in total. The number of hydrogen-bond donors (Lipinski definition) is 1. The summed E-state index contributed by atoms with van der Waals surface area (Å²) in [6, 6.07) is 2.52. The first-order valence-corrected chi connectivity index (χ1v) is 6.26. The molecule has 20 heavy (non-hydrogen) atoms. The molecule has 0 aliphatic heterocycles. The first-order chi connectivity index (χ1) is 9.38. The summed E-state index contributed by atoms with van der Waals surface area (Å²) in [7, 11) is 1.54. The Labute approximate surface area is 117 Å². The van der Waals surface area contributed by atoms with E-state index in [1.54, 1.807) is 6.92 Å². The van der Waals surface area contributed by atoms with Gasteiger partial charge in [0.2, 0.25) is 5.69 Å². The van der Waals surface area contributed by atoms with Gasteiger partial charge < -0.3 is 10.2 Å². The van der Waals surface area contributed by atoms with E-state index in [4.69, 9.17) is 0 Å². The molecule has 0 saturated heterocycles. The van der Waals surface area contributed by atoms with Gasteiger partial charge in [-0.25, -0.2) is 4.98 Å². The fourth-order valence-electron chi connectivity index (χ4n) is 1.71. The molecule has 0 fully saturated rings. The molecular weight excluding hydrogens is 284 g/mol. The highest BCUT2D eigenvalue weighted by atomic mass is 32.1. The molecule has 0 saturated carbocycles. The van der Waals surface area contributed by atoms with Crippen molar-refractivity contribution in [1.29, 1.82) is 0 Å². The van der Waals surface area contributed by atoms with Crippen LogP contribution in [-0.4, -0.2) is 26.8 Å². The lowest BCUT2D eigenvalue weighted by Gasteiger charge is -2.10. The Morgan fingerprint density at radius 3 is 2.70 bits per heavy atom. The lowest BCUT2D eigenvalue weighted by atomic mass is 10.1. The van der Waals surface area contributed by atoms with E-state index in [9.17, 15) is 20.3 Å². The van der Waals surface area contributed by atoms with Gasteiger partial charge in [-0.05, 0) is 36.1 Å². The normalized spacial score (nSPS) is 11.6. The third-order valence-corrected chi connectivity index (χ3v) is 3.30. The lowest BCUT2D eigenvalue weighted by Crippen LogP contribution is -2.02. The Bertz CT molecular complexity index is 687. The molecule has 1 heterocycles. The monoisotopic (exact) mass is 294 g/mol. The zero-order valence-electron chi connectivity index (χ0n) is 10.6. The van der Waals surface area contributed by atoms with E-state index < -0.39 is 4.92 Å². The highest BCUT2D eigenvalue weighted by Crippen LogP contribution is 2.33. The van der Waals surface area contributed by atoms with Crippen LogP contribution in [0.3, 0.4) is 0 Å². The predicted molar refractivity (Wildman–Crippen MR) is 69.0 cm³/mol. The summed E-state index contributed by atoms with van der Waals surface area (Å²) in [6.45, 7) is 1.66. The number of phenolic OH excluding ortho intramolecular Hbond substituents is 1. The van der Waals surface area contributed by atoms with Crippen LogP contribution in [0, 0.1) is 17.0 Å². The number of aromatic nitrogens is 1. The molecule has 2 rings (SSSR count). The van der Waals surface area contributed by atoms with Gasteiger partial charge in [0, 0.05) is 10.7 Å². The summed E-state index contributed by atoms with van der Waals surface area (Å²) in [5.74, 6) is -0.505. The number of nitrogens with zero attached hydrogens (tertiary/aromatic N) is 4. The van der Waals surface area contributed by atoms with Crippen LogP contribution in [0.4, 0.5) is 15.8 Å². The van der Waals surface area contributed by atoms with Gasteiger partial charge in [-0.2, -0.15) is 0 Å². The zero-order valence-corrected chi connectivity index (χ0v) is 11.4. The van der Waals surface area contributed by atoms with Crippen LogP contribution >= 0.6 is 11.3 Å². The molecule has 0 radical (unpaired) electrons. The van der Waals surface area contributed by atoms with Crippen molar-refractivity contribution in [2.24, 2.45) is 5.11 Å². The summed E-state index contributed by atoms with van der Waals surface area (Å²) in [5, 5.41) is 35.8. The van der Waals surface area contributed by atoms with E-state index in [0.717, 1.165) is 23.6 Å². The Hall–Kier alpha value is -2.55. The Morgan fingerprint density at radius 2 is 2.15 bits per heavy atom. The third-order valence-electron chi connectivity index (χ3n) is 2.47. The van der Waals surface area contributed by atoms with Crippen LogP contribution in [0.1, 0.15) is 5.56 Å². The molecule has 0 amide bonds. The quantitative estimate of drug-likeness (QED) is 0.403. The molecule has 2 aromatic rings. The molecule has 0 unspecified atom stereocenters. The highest BCUT2D eigenvalue weighted by molar-refractivity contribution is 7.18. The van der Waals surface area contributed by atoms with Gasteiger partial charge in [0.25, 0.3) is 5.13 Å².